The topological polar surface area (TPSA) is 103 Å². The van der Waals surface area contributed by atoms with Gasteiger partial charge in [-0.25, -0.2) is 0 Å². The first kappa shape index (κ1) is 17.4. The third-order valence-electron chi connectivity index (χ3n) is 5.15. The van der Waals surface area contributed by atoms with Crippen LogP contribution in [0.4, 0.5) is 11.4 Å². The molecule has 27 heavy (non-hydrogen) atoms. The van der Waals surface area contributed by atoms with Gasteiger partial charge in [-0.3, -0.25) is 19.6 Å². The summed E-state index contributed by atoms with van der Waals surface area (Å²) in [5, 5.41) is 19.2. The Labute approximate surface area is 156 Å². The Morgan fingerprint density at radius 1 is 1.30 bits per heavy atom. The van der Waals surface area contributed by atoms with Gasteiger partial charge in [-0.05, 0) is 37.1 Å². The Morgan fingerprint density at radius 3 is 2.85 bits per heavy atom. The Morgan fingerprint density at radius 2 is 2.15 bits per heavy atom. The number of anilines is 1. The molecule has 3 heterocycles. The molecule has 7 nitrogen and oxygen atoms in total. The van der Waals surface area contributed by atoms with E-state index in [1.807, 2.05) is 0 Å². The highest BCUT2D eigenvalue weighted by molar-refractivity contribution is 6.31. The van der Waals surface area contributed by atoms with E-state index in [-0.39, 0.29) is 18.4 Å². The fourth-order valence-corrected chi connectivity index (χ4v) is 3.81. The number of aliphatic imine (C=N–C) groups is 1. The second-order valence-corrected chi connectivity index (χ2v) is 6.75. The molecule has 0 radical (unpaired) electrons. The van der Waals surface area contributed by atoms with Crippen LogP contribution >= 0.6 is 0 Å². The fraction of sp³-hybridized carbons (Fsp3) is 0.300. The number of aliphatic hydroxyl groups excluding tert-OH is 1. The van der Waals surface area contributed by atoms with Crippen molar-refractivity contribution in [3.05, 3.63) is 53.9 Å². The lowest BCUT2D eigenvalue weighted by Gasteiger charge is -2.27. The van der Waals surface area contributed by atoms with Gasteiger partial charge in [0.2, 0.25) is 0 Å². The predicted molar refractivity (Wildman–Crippen MR) is 99.8 cm³/mol. The minimum absolute atomic E-state index is 0.0517. The van der Waals surface area contributed by atoms with Gasteiger partial charge in [0.1, 0.15) is 0 Å². The molecule has 7 heteroatoms. The first-order valence-corrected chi connectivity index (χ1v) is 8.87. The van der Waals surface area contributed by atoms with Gasteiger partial charge in [0.25, 0.3) is 0 Å². The fourth-order valence-electron chi connectivity index (χ4n) is 3.81. The first-order valence-electron chi connectivity index (χ1n) is 8.87. The Kier molecular flexibility index (Phi) is 4.45. The Hall–Kier alpha value is -3.06. The molecule has 0 aliphatic carbocycles. The molecule has 2 aliphatic rings. The molecular weight excluding hydrogens is 346 g/mol. The number of aliphatic carboxylic acids is 1. The van der Waals surface area contributed by atoms with E-state index in [0.717, 1.165) is 25.1 Å². The second-order valence-electron chi connectivity index (χ2n) is 6.75. The van der Waals surface area contributed by atoms with Crippen LogP contribution in [0.3, 0.4) is 0 Å². The van der Waals surface area contributed by atoms with Gasteiger partial charge >= 0.3 is 5.97 Å². The van der Waals surface area contributed by atoms with Gasteiger partial charge in [-0.15, -0.1) is 0 Å². The zero-order chi connectivity index (χ0) is 19.0. The lowest BCUT2D eigenvalue weighted by molar-refractivity contribution is -0.137. The van der Waals surface area contributed by atoms with Crippen LogP contribution in [0.25, 0.3) is 0 Å². The summed E-state index contributed by atoms with van der Waals surface area (Å²) >= 11 is 0. The van der Waals surface area contributed by atoms with Gasteiger partial charge in [0, 0.05) is 35.8 Å². The SMILES string of the molecule is O=C(O)C1C(=O)c2ccc(N3CCC[C@@H]3CO)cc2N=C1c1cccnc1. The zero-order valence-electron chi connectivity index (χ0n) is 14.6. The molecule has 1 fully saturated rings. The molecule has 0 amide bonds. The van der Waals surface area contributed by atoms with Crippen LogP contribution < -0.4 is 4.90 Å². The van der Waals surface area contributed by atoms with Gasteiger partial charge in [0.15, 0.2) is 11.7 Å². The number of hydrogen-bond donors (Lipinski definition) is 2. The van der Waals surface area contributed by atoms with Crippen LogP contribution in [0.2, 0.25) is 0 Å². The lowest BCUT2D eigenvalue weighted by atomic mass is 9.86. The predicted octanol–water partition coefficient (Wildman–Crippen LogP) is 2.06. The van der Waals surface area contributed by atoms with Crippen LogP contribution in [0.15, 0.2) is 47.7 Å². The van der Waals surface area contributed by atoms with Crippen molar-refractivity contribution in [3.8, 4) is 0 Å². The van der Waals surface area contributed by atoms with E-state index < -0.39 is 17.7 Å². The van der Waals surface area contributed by atoms with Crippen molar-refractivity contribution in [2.75, 3.05) is 18.1 Å². The van der Waals surface area contributed by atoms with E-state index in [2.05, 4.69) is 14.9 Å². The van der Waals surface area contributed by atoms with Crippen molar-refractivity contribution < 1.29 is 19.8 Å². The number of aromatic nitrogens is 1. The van der Waals surface area contributed by atoms with Crippen LogP contribution in [-0.2, 0) is 4.79 Å². The minimum Gasteiger partial charge on any atom is -0.480 e. The van der Waals surface area contributed by atoms with Crippen molar-refractivity contribution in [2.24, 2.45) is 10.9 Å². The average molecular weight is 365 g/mol. The molecule has 2 aromatic rings. The number of nitrogens with zero attached hydrogens (tertiary/aromatic N) is 3. The number of carbonyl (C=O) groups is 2. The van der Waals surface area contributed by atoms with Crippen LogP contribution in [0.5, 0.6) is 0 Å². The number of carboxylic acids is 1. The monoisotopic (exact) mass is 365 g/mol. The van der Waals surface area contributed by atoms with E-state index >= 15 is 0 Å². The summed E-state index contributed by atoms with van der Waals surface area (Å²) in [7, 11) is 0. The number of aliphatic hydroxyl groups is 1. The van der Waals surface area contributed by atoms with Gasteiger partial charge in [-0.2, -0.15) is 0 Å². The number of hydrogen-bond acceptors (Lipinski definition) is 6. The largest absolute Gasteiger partial charge is 0.480 e. The smallest absolute Gasteiger partial charge is 0.320 e. The number of carbonyl (C=O) groups excluding carboxylic acids is 1. The zero-order valence-corrected chi connectivity index (χ0v) is 14.6. The molecule has 2 atom stereocenters. The molecule has 1 aromatic heterocycles. The third-order valence-corrected chi connectivity index (χ3v) is 5.15. The summed E-state index contributed by atoms with van der Waals surface area (Å²) in [5.74, 6) is -3.04. The highest BCUT2D eigenvalue weighted by atomic mass is 16.4. The molecule has 0 saturated carbocycles. The van der Waals surface area contributed by atoms with Crippen LogP contribution in [-0.4, -0.2) is 51.9 Å². The molecule has 138 valence electrons. The first-order chi connectivity index (χ1) is 13.1. The number of Topliss-reactive ketones (excluding diaryl/α,β-unsaturated/α-hetero) is 1. The molecule has 0 spiro atoms. The molecule has 1 saturated heterocycles. The summed E-state index contributed by atoms with van der Waals surface area (Å²) < 4.78 is 0. The highest BCUT2D eigenvalue weighted by Gasteiger charge is 2.38. The van der Waals surface area contributed by atoms with Crippen molar-refractivity contribution in [2.45, 2.75) is 18.9 Å². The number of pyridine rings is 1. The van der Waals surface area contributed by atoms with E-state index in [4.69, 9.17) is 0 Å². The molecule has 4 rings (SSSR count). The molecule has 1 unspecified atom stereocenters. The normalized spacial score (nSPS) is 21.7. The van der Waals surface area contributed by atoms with E-state index in [9.17, 15) is 19.8 Å². The van der Waals surface area contributed by atoms with E-state index in [0.29, 0.717) is 16.8 Å². The molecule has 0 bridgehead atoms. The summed E-state index contributed by atoms with van der Waals surface area (Å²) in [5.41, 5.74) is 2.35. The third kappa shape index (κ3) is 3.00. The molecular formula is C20H19N3O4. The number of ketones is 1. The Bertz CT molecular complexity index is 926. The van der Waals surface area contributed by atoms with E-state index in [1.54, 1.807) is 36.5 Å². The lowest BCUT2D eigenvalue weighted by Crippen LogP contribution is -2.35. The summed E-state index contributed by atoms with van der Waals surface area (Å²) in [6.07, 6.45) is 5.00. The number of benzene rings is 1. The van der Waals surface area contributed by atoms with Gasteiger partial charge in [0.05, 0.1) is 24.0 Å². The summed E-state index contributed by atoms with van der Waals surface area (Å²) in [6.45, 7) is 0.899. The maximum atomic E-state index is 12.9. The quantitative estimate of drug-likeness (QED) is 0.804. The van der Waals surface area contributed by atoms with Crippen molar-refractivity contribution in [1.82, 2.24) is 4.98 Å². The maximum absolute atomic E-state index is 12.9. The average Bonchev–Trinajstić information content (AvgIpc) is 3.16. The van der Waals surface area contributed by atoms with Crippen LogP contribution in [0, 0.1) is 5.92 Å². The minimum atomic E-state index is -1.34. The standard InChI is InChI=1S/C20H19N3O4/c24-11-14-4-2-8-23(14)13-5-6-15-16(9-13)22-18(12-3-1-7-21-10-12)17(19(15)25)20(26)27/h1,3,5-7,9-10,14,17,24H,2,4,8,11H2,(H,26,27)/t14-,17?/m1/s1. The number of fused-ring (bicyclic) bond motifs is 1. The second kappa shape index (κ2) is 6.92. The Balaban J connectivity index is 1.81. The highest BCUT2D eigenvalue weighted by Crippen LogP contribution is 2.36. The van der Waals surface area contributed by atoms with Crippen molar-refractivity contribution >= 4 is 28.8 Å². The van der Waals surface area contributed by atoms with Crippen molar-refractivity contribution in [3.63, 3.8) is 0 Å². The molecule has 2 aliphatic heterocycles. The van der Waals surface area contributed by atoms with Crippen molar-refractivity contribution in [1.29, 1.82) is 0 Å². The van der Waals surface area contributed by atoms with Gasteiger partial charge in [-0.1, -0.05) is 6.07 Å². The number of rotatable bonds is 4. The summed E-state index contributed by atoms with van der Waals surface area (Å²) in [4.78, 5) is 35.3. The number of carboxylic acid groups (broad SMARTS) is 1. The van der Waals surface area contributed by atoms with Crippen LogP contribution in [0.1, 0.15) is 28.8 Å². The van der Waals surface area contributed by atoms with Gasteiger partial charge < -0.3 is 15.1 Å². The molecule has 2 N–H and O–H groups in total. The summed E-state index contributed by atoms with van der Waals surface area (Å²) in [6, 6.07) is 8.68. The molecule has 1 aromatic carbocycles. The van der Waals surface area contributed by atoms with E-state index in [1.165, 1.54) is 6.20 Å². The maximum Gasteiger partial charge on any atom is 0.320 e.